The van der Waals surface area contributed by atoms with Gasteiger partial charge in [0.05, 0.1) is 0 Å². The van der Waals surface area contributed by atoms with Crippen molar-refractivity contribution in [2.45, 2.75) is 0 Å². The molecule has 0 bridgehead atoms. The first-order valence-corrected chi connectivity index (χ1v) is 8.50. The third kappa shape index (κ3) is 4.28. The molecule has 1 saturated heterocycles. The summed E-state index contributed by atoms with van der Waals surface area (Å²) in [6.07, 6.45) is 1.62. The van der Waals surface area contributed by atoms with Gasteiger partial charge in [0.1, 0.15) is 11.4 Å². The number of benzene rings is 1. The van der Waals surface area contributed by atoms with Crippen molar-refractivity contribution in [3.63, 3.8) is 0 Å². The Morgan fingerprint density at radius 3 is 2.60 bits per heavy atom. The van der Waals surface area contributed by atoms with E-state index < -0.39 is 0 Å². The highest BCUT2D eigenvalue weighted by Gasteiger charge is 2.17. The number of anilines is 1. The molecule has 3 N–H and O–H groups in total. The molecule has 0 spiro atoms. The van der Waals surface area contributed by atoms with Gasteiger partial charge >= 0.3 is 0 Å². The van der Waals surface area contributed by atoms with E-state index in [1.807, 2.05) is 36.4 Å². The molecule has 0 amide bonds. The smallest absolute Gasteiger partial charge is 0.189 e. The zero-order chi connectivity index (χ0) is 17.6. The van der Waals surface area contributed by atoms with Gasteiger partial charge in [0.2, 0.25) is 0 Å². The van der Waals surface area contributed by atoms with E-state index in [9.17, 15) is 0 Å². The molecule has 1 aliphatic heterocycles. The maximum atomic E-state index is 6.12. The van der Waals surface area contributed by atoms with Crippen LogP contribution in [0.25, 0.3) is 0 Å². The summed E-state index contributed by atoms with van der Waals surface area (Å²) in [6, 6.07) is 11.2. The normalized spacial score (nSPS) is 15.9. The van der Waals surface area contributed by atoms with Crippen molar-refractivity contribution in [3.05, 3.63) is 53.9 Å². The third-order valence-electron chi connectivity index (χ3n) is 4.08. The molecule has 1 aliphatic rings. The van der Waals surface area contributed by atoms with E-state index in [-0.39, 0.29) is 0 Å². The lowest BCUT2D eigenvalue weighted by Gasteiger charge is -2.33. The second-order valence-electron chi connectivity index (χ2n) is 5.86. The zero-order valence-corrected chi connectivity index (χ0v) is 14.9. The lowest BCUT2D eigenvalue weighted by molar-refractivity contribution is 0.214. The molecule has 0 unspecified atom stereocenters. The summed E-state index contributed by atoms with van der Waals surface area (Å²) < 4.78 is 0. The Labute approximate surface area is 152 Å². The fourth-order valence-corrected chi connectivity index (χ4v) is 2.81. The predicted octanol–water partition coefficient (Wildman–Crippen LogP) is 0.933. The largest absolute Gasteiger partial charge is 0.398 e. The van der Waals surface area contributed by atoms with Crippen molar-refractivity contribution in [2.24, 2.45) is 5.10 Å². The molecule has 8 heteroatoms. The third-order valence-corrected chi connectivity index (χ3v) is 4.43. The molecule has 0 aliphatic carbocycles. The Morgan fingerprint density at radius 1 is 1.16 bits per heavy atom. The topological polar surface area (TPSA) is 82.7 Å². The molecule has 2 heterocycles. The summed E-state index contributed by atoms with van der Waals surface area (Å²) >= 11 is 5.49. The molecule has 0 saturated carbocycles. The van der Waals surface area contributed by atoms with Gasteiger partial charge in [-0.25, -0.2) is 0 Å². The molecule has 3 rings (SSSR count). The summed E-state index contributed by atoms with van der Waals surface area (Å²) in [5.41, 5.74) is 11.8. The Bertz CT molecular complexity index is 755. The highest BCUT2D eigenvalue weighted by molar-refractivity contribution is 7.80. The first-order valence-electron chi connectivity index (χ1n) is 8.09. The van der Waals surface area contributed by atoms with Gasteiger partial charge in [0.15, 0.2) is 5.11 Å². The van der Waals surface area contributed by atoms with Crippen LogP contribution in [0.15, 0.2) is 47.7 Å². The van der Waals surface area contributed by atoms with Gasteiger partial charge in [-0.05, 0) is 37.5 Å². The molecule has 25 heavy (non-hydrogen) atoms. The maximum absolute atomic E-state index is 6.12. The quantitative estimate of drug-likeness (QED) is 0.367. The van der Waals surface area contributed by atoms with Crippen molar-refractivity contribution >= 4 is 28.7 Å². The number of piperazine rings is 1. The Kier molecular flexibility index (Phi) is 5.52. The minimum absolute atomic E-state index is 0.601. The van der Waals surface area contributed by atoms with Gasteiger partial charge in [0, 0.05) is 43.6 Å². The lowest BCUT2D eigenvalue weighted by atomic mass is 10.1. The van der Waals surface area contributed by atoms with E-state index in [1.54, 1.807) is 6.20 Å². The highest BCUT2D eigenvalue weighted by Crippen LogP contribution is 2.15. The number of nitrogens with two attached hydrogens (primary N) is 1. The van der Waals surface area contributed by atoms with E-state index in [1.165, 1.54) is 0 Å². The number of para-hydroxylation sites is 1. The van der Waals surface area contributed by atoms with Gasteiger partial charge in [-0.15, -0.1) is 5.10 Å². The number of rotatable bonds is 3. The average Bonchev–Trinajstić information content (AvgIpc) is 2.64. The van der Waals surface area contributed by atoms with E-state index in [2.05, 4.69) is 37.6 Å². The summed E-state index contributed by atoms with van der Waals surface area (Å²) in [6.45, 7) is 3.72. The Morgan fingerprint density at radius 2 is 1.92 bits per heavy atom. The van der Waals surface area contributed by atoms with Gasteiger partial charge in [-0.1, -0.05) is 18.2 Å². The van der Waals surface area contributed by atoms with Crippen LogP contribution in [0.5, 0.6) is 0 Å². The summed E-state index contributed by atoms with van der Waals surface area (Å²) in [4.78, 5) is 4.39. The minimum Gasteiger partial charge on any atom is -0.398 e. The number of nitrogens with one attached hydrogen (secondary N) is 1. The fourth-order valence-electron chi connectivity index (χ4n) is 2.58. The van der Waals surface area contributed by atoms with Crippen molar-refractivity contribution in [1.29, 1.82) is 0 Å². The van der Waals surface area contributed by atoms with Crippen LogP contribution in [0.3, 0.4) is 0 Å². The van der Waals surface area contributed by atoms with Crippen molar-refractivity contribution < 1.29 is 0 Å². The average molecular weight is 355 g/mol. The fraction of sp³-hybridized carbons (Fsp3) is 0.294. The standard InChI is InChI=1S/C17H21N7S/c1-23-9-11-24(12-10-23)17(25)22-21-16(15-7-4-8-19-20-15)13-5-2-3-6-14(13)18/h2-8H,9-12,18H2,1H3,(H,22,25). The van der Waals surface area contributed by atoms with Crippen LogP contribution < -0.4 is 11.2 Å². The van der Waals surface area contributed by atoms with Gasteiger partial charge in [-0.2, -0.15) is 10.2 Å². The molecular weight excluding hydrogens is 334 g/mol. The van der Waals surface area contributed by atoms with Crippen LogP contribution in [0, 0.1) is 0 Å². The molecule has 130 valence electrons. The maximum Gasteiger partial charge on any atom is 0.189 e. The predicted molar refractivity (Wildman–Crippen MR) is 103 cm³/mol. The van der Waals surface area contributed by atoms with Gasteiger partial charge < -0.3 is 15.5 Å². The van der Waals surface area contributed by atoms with Crippen molar-refractivity contribution in [1.82, 2.24) is 25.4 Å². The molecule has 1 aromatic carbocycles. The monoisotopic (exact) mass is 355 g/mol. The van der Waals surface area contributed by atoms with Gasteiger partial charge in [0.25, 0.3) is 0 Å². The Balaban J connectivity index is 1.83. The molecule has 1 fully saturated rings. The highest BCUT2D eigenvalue weighted by atomic mass is 32.1. The number of hydrogen-bond donors (Lipinski definition) is 2. The second kappa shape index (κ2) is 8.00. The second-order valence-corrected chi connectivity index (χ2v) is 6.25. The minimum atomic E-state index is 0.601. The number of hydrazone groups is 1. The number of thiocarbonyl (C=S) groups is 1. The number of likely N-dealkylation sites (N-methyl/N-ethyl adjacent to an activating group) is 1. The van der Waals surface area contributed by atoms with Crippen molar-refractivity contribution in [2.75, 3.05) is 39.0 Å². The number of aromatic nitrogens is 2. The summed E-state index contributed by atoms with van der Waals surface area (Å²) in [7, 11) is 2.11. The first kappa shape index (κ1) is 17.2. The lowest BCUT2D eigenvalue weighted by Crippen LogP contribution is -2.49. The molecule has 2 aromatic rings. The summed E-state index contributed by atoms with van der Waals surface area (Å²) in [5.74, 6) is 0. The molecule has 1 aromatic heterocycles. The van der Waals surface area contributed by atoms with E-state index in [0.717, 1.165) is 31.7 Å². The van der Waals surface area contributed by atoms with Crippen LogP contribution in [-0.4, -0.2) is 64.0 Å². The Hall–Kier alpha value is -2.58. The van der Waals surface area contributed by atoms with E-state index >= 15 is 0 Å². The SMILES string of the molecule is CN1CCN(C(=S)NN=C(c2cccnn2)c2ccccc2N)CC1. The van der Waals surface area contributed by atoms with Crippen LogP contribution in [0.4, 0.5) is 5.69 Å². The number of nitrogen functional groups attached to an aromatic ring is 1. The first-order chi connectivity index (χ1) is 12.1. The summed E-state index contributed by atoms with van der Waals surface area (Å²) in [5, 5.41) is 13.2. The number of hydrogen-bond acceptors (Lipinski definition) is 6. The number of nitrogens with zero attached hydrogens (tertiary/aromatic N) is 5. The molecular formula is C17H21N7S. The molecule has 7 nitrogen and oxygen atoms in total. The molecule has 0 atom stereocenters. The van der Waals surface area contributed by atoms with Crippen LogP contribution in [-0.2, 0) is 0 Å². The molecule has 0 radical (unpaired) electrons. The van der Waals surface area contributed by atoms with Crippen LogP contribution in [0.2, 0.25) is 0 Å². The zero-order valence-electron chi connectivity index (χ0n) is 14.1. The van der Waals surface area contributed by atoms with Crippen molar-refractivity contribution in [3.8, 4) is 0 Å². The van der Waals surface area contributed by atoms with Crippen LogP contribution >= 0.6 is 12.2 Å². The van der Waals surface area contributed by atoms with E-state index in [0.29, 0.717) is 22.2 Å². The van der Waals surface area contributed by atoms with Gasteiger partial charge in [-0.3, -0.25) is 5.43 Å². The van der Waals surface area contributed by atoms with Crippen LogP contribution in [0.1, 0.15) is 11.3 Å². The van der Waals surface area contributed by atoms with E-state index in [4.69, 9.17) is 18.0 Å².